The molecule has 0 aromatic rings. The molecule has 0 aromatic carbocycles. The highest BCUT2D eigenvalue weighted by atomic mass is 35.5. The van der Waals surface area contributed by atoms with Crippen molar-refractivity contribution in [1.82, 2.24) is 0 Å². The van der Waals surface area contributed by atoms with Gasteiger partial charge < -0.3 is 15.9 Å². The van der Waals surface area contributed by atoms with Gasteiger partial charge in [0, 0.05) is 6.61 Å². The maximum absolute atomic E-state index is 10.00. The van der Waals surface area contributed by atoms with Crippen molar-refractivity contribution < 1.29 is 15.0 Å². The first-order valence-corrected chi connectivity index (χ1v) is 2.77. The Morgan fingerprint density at radius 2 is 2.10 bits per heavy atom. The molecule has 4 N–H and O–H groups in total. The van der Waals surface area contributed by atoms with E-state index >= 15 is 0 Å². The molecule has 4 nitrogen and oxygen atoms in total. The molecule has 10 heavy (non-hydrogen) atoms. The molecule has 1 atom stereocenters. The van der Waals surface area contributed by atoms with Gasteiger partial charge in [-0.1, -0.05) is 0 Å². The highest BCUT2D eigenvalue weighted by molar-refractivity contribution is 5.85. The Balaban J connectivity index is 0. The molecular formula is C5H12ClNO3. The van der Waals surface area contributed by atoms with Crippen LogP contribution in [0, 0.1) is 0 Å². The average molecular weight is 170 g/mol. The number of aliphatic hydroxyl groups excluding tert-OH is 1. The Kier molecular flexibility index (Phi) is 8.40. The molecule has 0 saturated heterocycles. The van der Waals surface area contributed by atoms with Gasteiger partial charge in [-0.25, -0.2) is 0 Å². The summed E-state index contributed by atoms with van der Waals surface area (Å²) in [5.74, 6) is -1.01. The van der Waals surface area contributed by atoms with E-state index < -0.39 is 12.0 Å². The molecule has 0 aromatic heterocycles. The Bertz CT molecular complexity index is 98.9. The smallest absolute Gasteiger partial charge is 0.320 e. The summed E-state index contributed by atoms with van der Waals surface area (Å²) in [5, 5.41) is 16.5. The number of carboxylic acids is 1. The van der Waals surface area contributed by atoms with Crippen LogP contribution in [-0.4, -0.2) is 28.8 Å². The van der Waals surface area contributed by atoms with Crippen molar-refractivity contribution in [2.24, 2.45) is 5.73 Å². The summed E-state index contributed by atoms with van der Waals surface area (Å²) >= 11 is 0. The van der Waals surface area contributed by atoms with E-state index in [0.29, 0.717) is 12.8 Å². The predicted octanol–water partition coefficient (Wildman–Crippen LogP) is -0.407. The Morgan fingerprint density at radius 1 is 1.60 bits per heavy atom. The number of carboxylic acid groups (broad SMARTS) is 1. The van der Waals surface area contributed by atoms with E-state index in [9.17, 15) is 4.79 Å². The van der Waals surface area contributed by atoms with Crippen molar-refractivity contribution in [3.05, 3.63) is 0 Å². The Morgan fingerprint density at radius 3 is 2.40 bits per heavy atom. The molecule has 0 bridgehead atoms. The number of halogens is 1. The number of aliphatic hydroxyl groups is 1. The molecule has 0 radical (unpaired) electrons. The first-order valence-electron chi connectivity index (χ1n) is 2.77. The molecule has 0 saturated carbocycles. The van der Waals surface area contributed by atoms with Crippen LogP contribution in [0.4, 0.5) is 0 Å². The van der Waals surface area contributed by atoms with Gasteiger partial charge in [-0.05, 0) is 12.8 Å². The predicted molar refractivity (Wildman–Crippen MR) is 39.2 cm³/mol. The average Bonchev–Trinajstić information content (AvgIpc) is 1.82. The second kappa shape index (κ2) is 6.80. The molecule has 0 aliphatic rings. The number of aliphatic carboxylic acids is 1. The minimum atomic E-state index is -1.01. The zero-order valence-electron chi connectivity index (χ0n) is 5.49. The standard InChI is InChI=1S/C5H11NO3.ClH/c6-4(5(8)9)2-1-3-7;/h4,7H,1-3,6H2,(H,8,9);1H/t4-;/m1./s1. The monoisotopic (exact) mass is 169 g/mol. The molecule has 0 aliphatic heterocycles. The summed E-state index contributed by atoms with van der Waals surface area (Å²) in [6.45, 7) is 0.000972. The molecule has 0 heterocycles. The lowest BCUT2D eigenvalue weighted by Crippen LogP contribution is -2.29. The second-order valence-corrected chi connectivity index (χ2v) is 1.81. The molecule has 0 spiro atoms. The fourth-order valence-corrected chi connectivity index (χ4v) is 0.435. The number of hydrogen-bond donors (Lipinski definition) is 3. The van der Waals surface area contributed by atoms with Gasteiger partial charge in [0.05, 0.1) is 0 Å². The normalized spacial score (nSPS) is 11.8. The highest BCUT2D eigenvalue weighted by Gasteiger charge is 2.08. The molecule has 0 fully saturated rings. The van der Waals surface area contributed by atoms with Crippen molar-refractivity contribution in [3.63, 3.8) is 0 Å². The van der Waals surface area contributed by atoms with E-state index in [1.54, 1.807) is 0 Å². The molecular weight excluding hydrogens is 158 g/mol. The van der Waals surface area contributed by atoms with Gasteiger partial charge in [0.1, 0.15) is 6.04 Å². The van der Waals surface area contributed by atoms with Crippen LogP contribution >= 0.6 is 12.4 Å². The highest BCUT2D eigenvalue weighted by Crippen LogP contribution is 1.91. The first-order chi connectivity index (χ1) is 4.18. The summed E-state index contributed by atoms with van der Waals surface area (Å²) in [6.07, 6.45) is 0.791. The summed E-state index contributed by atoms with van der Waals surface area (Å²) in [4.78, 5) is 10.00. The van der Waals surface area contributed by atoms with Crippen molar-refractivity contribution in [2.45, 2.75) is 18.9 Å². The largest absolute Gasteiger partial charge is 0.480 e. The number of carbonyl (C=O) groups is 1. The van der Waals surface area contributed by atoms with Crippen LogP contribution in [0.15, 0.2) is 0 Å². The van der Waals surface area contributed by atoms with E-state index in [1.165, 1.54) is 0 Å². The van der Waals surface area contributed by atoms with E-state index in [-0.39, 0.29) is 19.0 Å². The SMILES string of the molecule is Cl.N[C@H](CCCO)C(=O)O. The number of nitrogens with two attached hydrogens (primary N) is 1. The lowest BCUT2D eigenvalue weighted by Gasteiger charge is -2.02. The molecule has 0 unspecified atom stereocenters. The van der Waals surface area contributed by atoms with Crippen LogP contribution < -0.4 is 5.73 Å². The maximum Gasteiger partial charge on any atom is 0.320 e. The van der Waals surface area contributed by atoms with Crippen molar-refractivity contribution in [2.75, 3.05) is 6.61 Å². The molecule has 62 valence electrons. The first kappa shape index (κ1) is 12.4. The Hall–Kier alpha value is -0.320. The minimum Gasteiger partial charge on any atom is -0.480 e. The van der Waals surface area contributed by atoms with Gasteiger partial charge in [0.15, 0.2) is 0 Å². The quantitative estimate of drug-likeness (QED) is 0.535. The zero-order chi connectivity index (χ0) is 7.28. The van der Waals surface area contributed by atoms with E-state index in [1.807, 2.05) is 0 Å². The topological polar surface area (TPSA) is 83.5 Å². The van der Waals surface area contributed by atoms with Crippen molar-refractivity contribution in [1.29, 1.82) is 0 Å². The minimum absolute atomic E-state index is 0. The van der Waals surface area contributed by atoms with Crippen molar-refractivity contribution in [3.8, 4) is 0 Å². The van der Waals surface area contributed by atoms with Gasteiger partial charge in [-0.2, -0.15) is 0 Å². The molecule has 5 heteroatoms. The van der Waals surface area contributed by atoms with Gasteiger partial charge in [-0.15, -0.1) is 12.4 Å². The third kappa shape index (κ3) is 5.81. The van der Waals surface area contributed by atoms with Gasteiger partial charge in [-0.3, -0.25) is 4.79 Å². The second-order valence-electron chi connectivity index (χ2n) is 1.81. The van der Waals surface area contributed by atoms with Crippen LogP contribution in [0.5, 0.6) is 0 Å². The fourth-order valence-electron chi connectivity index (χ4n) is 0.435. The van der Waals surface area contributed by atoms with Gasteiger partial charge in [0.2, 0.25) is 0 Å². The van der Waals surface area contributed by atoms with Crippen LogP contribution in [0.3, 0.4) is 0 Å². The van der Waals surface area contributed by atoms with Crippen LogP contribution in [0.1, 0.15) is 12.8 Å². The third-order valence-electron chi connectivity index (χ3n) is 0.990. The van der Waals surface area contributed by atoms with Gasteiger partial charge >= 0.3 is 5.97 Å². The van der Waals surface area contributed by atoms with Gasteiger partial charge in [0.25, 0.3) is 0 Å². The van der Waals surface area contributed by atoms with E-state index in [0.717, 1.165) is 0 Å². The summed E-state index contributed by atoms with van der Waals surface area (Å²) < 4.78 is 0. The molecule has 0 rings (SSSR count). The molecule has 0 aliphatic carbocycles. The van der Waals surface area contributed by atoms with Crippen LogP contribution in [0.2, 0.25) is 0 Å². The zero-order valence-corrected chi connectivity index (χ0v) is 6.30. The van der Waals surface area contributed by atoms with Crippen molar-refractivity contribution >= 4 is 18.4 Å². The van der Waals surface area contributed by atoms with Crippen LogP contribution in [0.25, 0.3) is 0 Å². The Labute approximate surface area is 65.4 Å². The molecule has 0 amide bonds. The number of hydrogen-bond acceptors (Lipinski definition) is 3. The van der Waals surface area contributed by atoms with E-state index in [4.69, 9.17) is 15.9 Å². The number of rotatable bonds is 4. The summed E-state index contributed by atoms with van der Waals surface area (Å²) in [5.41, 5.74) is 5.09. The maximum atomic E-state index is 10.00. The lowest BCUT2D eigenvalue weighted by molar-refractivity contribution is -0.138. The van der Waals surface area contributed by atoms with Crippen LogP contribution in [-0.2, 0) is 4.79 Å². The third-order valence-corrected chi connectivity index (χ3v) is 0.990. The lowest BCUT2D eigenvalue weighted by atomic mass is 10.2. The fraction of sp³-hybridized carbons (Fsp3) is 0.800. The summed E-state index contributed by atoms with van der Waals surface area (Å²) in [7, 11) is 0. The summed E-state index contributed by atoms with van der Waals surface area (Å²) in [6, 6.07) is -0.822. The van der Waals surface area contributed by atoms with E-state index in [2.05, 4.69) is 0 Å².